The van der Waals surface area contributed by atoms with E-state index in [4.69, 9.17) is 0 Å². The van der Waals surface area contributed by atoms with Crippen LogP contribution in [0.1, 0.15) is 16.2 Å². The smallest absolute Gasteiger partial charge is 0.257 e. The van der Waals surface area contributed by atoms with Crippen LogP contribution in [0.3, 0.4) is 0 Å². The second-order valence-corrected chi connectivity index (χ2v) is 4.80. The summed E-state index contributed by atoms with van der Waals surface area (Å²) in [7, 11) is 3.46. The van der Waals surface area contributed by atoms with Gasteiger partial charge in [0.15, 0.2) is 0 Å². The average Bonchev–Trinajstić information content (AvgIpc) is 2.77. The lowest BCUT2D eigenvalue weighted by molar-refractivity contribution is 0.0775. The zero-order valence-electron chi connectivity index (χ0n) is 10.7. The van der Waals surface area contributed by atoms with E-state index >= 15 is 0 Å². The van der Waals surface area contributed by atoms with E-state index in [0.717, 1.165) is 5.82 Å². The van der Waals surface area contributed by atoms with E-state index in [1.165, 1.54) is 23.1 Å². The first-order chi connectivity index (χ1) is 8.99. The highest BCUT2D eigenvalue weighted by Crippen LogP contribution is 2.16. The Bertz CT molecular complexity index is 612. The normalized spacial score (nSPS) is 10.5. The summed E-state index contributed by atoms with van der Waals surface area (Å²) in [5.74, 6) is -0.204. The molecule has 0 spiro atoms. The molecule has 100 valence electrons. The third-order valence-electron chi connectivity index (χ3n) is 2.83. The van der Waals surface area contributed by atoms with Crippen molar-refractivity contribution in [3.63, 3.8) is 0 Å². The number of hydrogen-bond acceptors (Lipinski definition) is 3. The molecule has 0 bridgehead atoms. The van der Waals surface area contributed by atoms with Crippen LogP contribution in [0.2, 0.25) is 0 Å². The van der Waals surface area contributed by atoms with Gasteiger partial charge >= 0.3 is 0 Å². The highest BCUT2D eigenvalue weighted by Gasteiger charge is 2.17. The van der Waals surface area contributed by atoms with Gasteiger partial charge in [0.05, 0.1) is 12.1 Å². The molecule has 0 saturated heterocycles. The lowest BCUT2D eigenvalue weighted by atomic mass is 10.2. The van der Waals surface area contributed by atoms with Crippen LogP contribution >= 0.6 is 12.6 Å². The van der Waals surface area contributed by atoms with Crippen LogP contribution in [0.15, 0.2) is 35.5 Å². The van der Waals surface area contributed by atoms with Gasteiger partial charge in [-0.3, -0.25) is 4.79 Å². The molecule has 1 amide bonds. The first kappa shape index (κ1) is 13.6. The van der Waals surface area contributed by atoms with Gasteiger partial charge in [-0.2, -0.15) is 0 Å². The van der Waals surface area contributed by atoms with Gasteiger partial charge in [0, 0.05) is 31.4 Å². The van der Waals surface area contributed by atoms with Crippen LogP contribution in [-0.4, -0.2) is 27.4 Å². The number of aryl methyl sites for hydroxylation is 1. The molecule has 2 aromatic rings. The second-order valence-electron chi connectivity index (χ2n) is 4.28. The number of hydrogen-bond donors (Lipinski definition) is 1. The summed E-state index contributed by atoms with van der Waals surface area (Å²) >= 11 is 4.12. The van der Waals surface area contributed by atoms with Crippen molar-refractivity contribution in [2.24, 2.45) is 7.05 Å². The van der Waals surface area contributed by atoms with Gasteiger partial charge in [-0.25, -0.2) is 9.37 Å². The van der Waals surface area contributed by atoms with Crippen molar-refractivity contribution in [2.75, 3.05) is 7.05 Å². The predicted octanol–water partition coefficient (Wildman–Crippen LogP) is 2.12. The Kier molecular flexibility index (Phi) is 3.90. The van der Waals surface area contributed by atoms with E-state index in [1.54, 1.807) is 19.4 Å². The average molecular weight is 279 g/mol. The number of carbonyl (C=O) groups is 1. The minimum absolute atomic E-state index is 0.0178. The number of imidazole rings is 1. The van der Waals surface area contributed by atoms with E-state index < -0.39 is 11.7 Å². The Balaban J connectivity index is 2.19. The summed E-state index contributed by atoms with van der Waals surface area (Å²) in [6.07, 6.45) is 3.45. The van der Waals surface area contributed by atoms with Crippen LogP contribution in [0.4, 0.5) is 4.39 Å². The second kappa shape index (κ2) is 5.44. The third kappa shape index (κ3) is 2.96. The van der Waals surface area contributed by atoms with Crippen LogP contribution in [-0.2, 0) is 13.6 Å². The maximum atomic E-state index is 13.6. The van der Waals surface area contributed by atoms with Gasteiger partial charge in [0.2, 0.25) is 0 Å². The third-order valence-corrected chi connectivity index (χ3v) is 3.10. The van der Waals surface area contributed by atoms with Gasteiger partial charge in [0.25, 0.3) is 5.91 Å². The molecule has 4 nitrogen and oxygen atoms in total. The van der Waals surface area contributed by atoms with Crippen molar-refractivity contribution >= 4 is 18.5 Å². The lowest BCUT2D eigenvalue weighted by Gasteiger charge is -2.17. The van der Waals surface area contributed by atoms with Gasteiger partial charge in [-0.15, -0.1) is 12.6 Å². The molecule has 0 saturated carbocycles. The highest BCUT2D eigenvalue weighted by atomic mass is 32.1. The van der Waals surface area contributed by atoms with Crippen LogP contribution in [0.25, 0.3) is 0 Å². The van der Waals surface area contributed by atoms with E-state index in [2.05, 4.69) is 17.6 Å². The van der Waals surface area contributed by atoms with Gasteiger partial charge < -0.3 is 9.47 Å². The number of nitrogens with zero attached hydrogens (tertiary/aromatic N) is 3. The number of thiol groups is 1. The van der Waals surface area contributed by atoms with Crippen molar-refractivity contribution in [2.45, 2.75) is 11.4 Å². The van der Waals surface area contributed by atoms with Crippen molar-refractivity contribution < 1.29 is 9.18 Å². The zero-order chi connectivity index (χ0) is 14.0. The fourth-order valence-corrected chi connectivity index (χ4v) is 1.92. The standard InChI is InChI=1S/C13H14FN3OS/c1-16-6-5-15-12(16)8-17(2)13(18)10-7-9(19)3-4-11(10)14/h3-7,19H,8H2,1-2H3. The van der Waals surface area contributed by atoms with Gasteiger partial charge in [-0.05, 0) is 18.2 Å². The Morgan fingerprint density at radius 3 is 2.89 bits per heavy atom. The summed E-state index contributed by atoms with van der Waals surface area (Å²) in [6.45, 7) is 0.318. The largest absolute Gasteiger partial charge is 0.337 e. The van der Waals surface area contributed by atoms with Gasteiger partial charge in [-0.1, -0.05) is 0 Å². The number of halogens is 1. The van der Waals surface area contributed by atoms with Crippen molar-refractivity contribution in [1.82, 2.24) is 14.5 Å². The summed E-state index contributed by atoms with van der Waals surface area (Å²) < 4.78 is 15.5. The molecule has 0 radical (unpaired) electrons. The molecule has 1 aromatic carbocycles. The van der Waals surface area contributed by atoms with Crippen LogP contribution < -0.4 is 0 Å². The number of carbonyl (C=O) groups excluding carboxylic acids is 1. The fourth-order valence-electron chi connectivity index (χ4n) is 1.72. The minimum Gasteiger partial charge on any atom is -0.337 e. The van der Waals surface area contributed by atoms with E-state index in [1.807, 2.05) is 11.6 Å². The summed E-state index contributed by atoms with van der Waals surface area (Å²) in [5.41, 5.74) is 0.0178. The molecular weight excluding hydrogens is 265 g/mol. The molecule has 1 aromatic heterocycles. The highest BCUT2D eigenvalue weighted by molar-refractivity contribution is 7.80. The molecule has 0 fully saturated rings. The quantitative estimate of drug-likeness (QED) is 0.874. The molecule has 0 N–H and O–H groups in total. The van der Waals surface area contributed by atoms with E-state index in [-0.39, 0.29) is 5.56 Å². The predicted molar refractivity (Wildman–Crippen MR) is 72.7 cm³/mol. The van der Waals surface area contributed by atoms with Crippen molar-refractivity contribution in [3.05, 3.63) is 47.8 Å². The maximum absolute atomic E-state index is 13.6. The summed E-state index contributed by atoms with van der Waals surface area (Å²) in [5, 5.41) is 0. The molecule has 0 aliphatic carbocycles. The van der Waals surface area contributed by atoms with Crippen LogP contribution in [0.5, 0.6) is 0 Å². The number of amides is 1. The molecule has 0 aliphatic rings. The van der Waals surface area contributed by atoms with Crippen molar-refractivity contribution in [1.29, 1.82) is 0 Å². The monoisotopic (exact) mass is 279 g/mol. The first-order valence-corrected chi connectivity index (χ1v) is 6.14. The molecule has 6 heteroatoms. The Morgan fingerprint density at radius 2 is 2.26 bits per heavy atom. The number of aromatic nitrogens is 2. The Labute approximate surface area is 116 Å². The molecular formula is C13H14FN3OS. The van der Waals surface area contributed by atoms with Crippen molar-refractivity contribution in [3.8, 4) is 0 Å². The first-order valence-electron chi connectivity index (χ1n) is 5.69. The number of rotatable bonds is 3. The molecule has 2 rings (SSSR count). The summed E-state index contributed by atoms with van der Waals surface area (Å²) in [6, 6.07) is 4.17. The molecule has 0 aliphatic heterocycles. The zero-order valence-corrected chi connectivity index (χ0v) is 11.6. The Morgan fingerprint density at radius 1 is 1.53 bits per heavy atom. The molecule has 1 heterocycles. The molecule has 0 unspecified atom stereocenters. The van der Waals surface area contributed by atoms with E-state index in [9.17, 15) is 9.18 Å². The lowest BCUT2D eigenvalue weighted by Crippen LogP contribution is -2.28. The fraction of sp³-hybridized carbons (Fsp3) is 0.231. The molecule has 19 heavy (non-hydrogen) atoms. The van der Waals surface area contributed by atoms with Gasteiger partial charge in [0.1, 0.15) is 11.6 Å². The molecule has 0 atom stereocenters. The van der Waals surface area contributed by atoms with Crippen LogP contribution in [0, 0.1) is 5.82 Å². The number of benzene rings is 1. The Hall–Kier alpha value is -1.82. The van der Waals surface area contributed by atoms with E-state index in [0.29, 0.717) is 11.4 Å². The summed E-state index contributed by atoms with van der Waals surface area (Å²) in [4.78, 5) is 18.3. The topological polar surface area (TPSA) is 38.1 Å². The maximum Gasteiger partial charge on any atom is 0.257 e. The SMILES string of the molecule is CN(Cc1nccn1C)C(=O)c1cc(S)ccc1F. The minimum atomic E-state index is -0.547.